The van der Waals surface area contributed by atoms with E-state index in [4.69, 9.17) is 18.6 Å². The largest absolute Gasteiger partial charge is 0.505 e. The van der Waals surface area contributed by atoms with E-state index in [1.165, 1.54) is 65.4 Å². The minimum atomic E-state index is -2.05. The Kier molecular flexibility index (Phi) is 10.9. The number of benzene rings is 3. The Morgan fingerprint density at radius 1 is 0.911 bits per heavy atom. The maximum absolute atomic E-state index is 15.5. The van der Waals surface area contributed by atoms with Crippen LogP contribution in [0.4, 0.5) is 10.1 Å². The van der Waals surface area contributed by atoms with Gasteiger partial charge in [0.2, 0.25) is 0 Å². The predicted octanol–water partition coefficient (Wildman–Crippen LogP) is 5.87. The van der Waals surface area contributed by atoms with Gasteiger partial charge in [-0.1, -0.05) is 52.0 Å². The van der Waals surface area contributed by atoms with Crippen LogP contribution in [0.25, 0.3) is 33.0 Å². The SMILES string of the molecule is CO[C@H]1/C=C/O[C@@]2(C)Oc3c(C)c(=O)c4c(O)c(c5oc6c(F)c(C)ccc6nc5c4c3C2=O)NC(=O)/C(C)=C\C=C\[C@H](C)[C@H](O)[C@@H](C)[C@@H](O)[C@@H](C)[C@H](O)[C@@H]1C. The van der Waals surface area contributed by atoms with Crippen molar-refractivity contribution < 1.29 is 53.0 Å². The molecule has 0 fully saturated rings. The quantitative estimate of drug-likeness (QED) is 0.0877. The Labute approximate surface area is 322 Å². The van der Waals surface area contributed by atoms with Crippen LogP contribution in [-0.2, 0) is 14.3 Å². The topological polar surface area (TPSA) is 198 Å². The molecule has 13 nitrogen and oxygen atoms in total. The number of allylic oxidation sites excluding steroid dienone is 2. The number of Topliss-reactive ketones (excluding diaryl/α,β-unsaturated/α-hetero) is 1. The lowest BCUT2D eigenvalue weighted by Crippen LogP contribution is -2.44. The van der Waals surface area contributed by atoms with Crippen molar-refractivity contribution in [2.24, 2.45) is 23.7 Å². The fourth-order valence-corrected chi connectivity index (χ4v) is 7.55. The molecule has 1 amide bonds. The van der Waals surface area contributed by atoms with Crippen molar-refractivity contribution in [1.29, 1.82) is 0 Å². The molecule has 56 heavy (non-hydrogen) atoms. The smallest absolute Gasteiger partial charge is 0.312 e. The lowest BCUT2D eigenvalue weighted by atomic mass is 9.78. The number of phenolic OH excluding ortho intramolecular Hbond substituents is 1. The van der Waals surface area contributed by atoms with E-state index in [1.54, 1.807) is 39.8 Å². The van der Waals surface area contributed by atoms with E-state index in [0.717, 1.165) is 0 Å². The van der Waals surface area contributed by atoms with Crippen molar-refractivity contribution in [3.63, 3.8) is 0 Å². The average Bonchev–Trinajstić information content (AvgIpc) is 3.44. The van der Waals surface area contributed by atoms with Crippen molar-refractivity contribution in [3.05, 3.63) is 81.0 Å². The van der Waals surface area contributed by atoms with Crippen LogP contribution in [0.5, 0.6) is 11.5 Å². The number of phenols is 1. The molecular formula is C42H47FN2O11. The van der Waals surface area contributed by atoms with Crippen LogP contribution >= 0.6 is 0 Å². The molecule has 6 rings (SSSR count). The van der Waals surface area contributed by atoms with Gasteiger partial charge in [0.1, 0.15) is 22.5 Å². The Balaban J connectivity index is 1.61. The second-order valence-corrected chi connectivity index (χ2v) is 15.2. The normalized spacial score (nSPS) is 31.3. The molecule has 9 atom stereocenters. The summed E-state index contributed by atoms with van der Waals surface area (Å²) in [7, 11) is 1.42. The number of fused-ring (bicyclic) bond motifs is 2. The van der Waals surface area contributed by atoms with Crippen LogP contribution in [-0.4, -0.2) is 74.4 Å². The summed E-state index contributed by atoms with van der Waals surface area (Å²) in [5.41, 5.74) is -1.68. The number of nitrogens with zero attached hydrogens (tertiary/aromatic N) is 1. The summed E-state index contributed by atoms with van der Waals surface area (Å²) in [6, 6.07) is 2.98. The first-order valence-corrected chi connectivity index (χ1v) is 18.4. The monoisotopic (exact) mass is 774 g/mol. The zero-order valence-corrected chi connectivity index (χ0v) is 32.6. The molecule has 5 N–H and O–H groups in total. The number of ether oxygens (including phenoxy) is 3. The highest BCUT2D eigenvalue weighted by Crippen LogP contribution is 2.48. The van der Waals surface area contributed by atoms with Crippen molar-refractivity contribution >= 4 is 50.3 Å². The highest BCUT2D eigenvalue weighted by molar-refractivity contribution is 6.26. The van der Waals surface area contributed by atoms with Gasteiger partial charge in [0, 0.05) is 54.2 Å². The fourth-order valence-electron chi connectivity index (χ4n) is 7.55. The third-order valence-electron chi connectivity index (χ3n) is 11.4. The lowest BCUT2D eigenvalue weighted by molar-refractivity contribution is -0.112. The van der Waals surface area contributed by atoms with Gasteiger partial charge in [-0.15, -0.1) is 0 Å². The molecule has 0 saturated heterocycles. The number of hydrogen-bond donors (Lipinski definition) is 5. The minimum Gasteiger partial charge on any atom is -0.505 e. The zero-order chi connectivity index (χ0) is 41.1. The number of nitrogens with one attached hydrogen (secondary N) is 1. The summed E-state index contributed by atoms with van der Waals surface area (Å²) in [5, 5.41) is 47.7. The van der Waals surface area contributed by atoms with Gasteiger partial charge >= 0.3 is 5.79 Å². The van der Waals surface area contributed by atoms with Crippen LogP contribution in [0.1, 0.15) is 63.0 Å². The average molecular weight is 775 g/mol. The minimum absolute atomic E-state index is 0.0312. The van der Waals surface area contributed by atoms with E-state index in [1.807, 2.05) is 0 Å². The van der Waals surface area contributed by atoms with Gasteiger partial charge in [-0.05, 0) is 38.5 Å². The number of hydrogen-bond acceptors (Lipinski definition) is 12. The molecule has 3 aromatic carbocycles. The molecule has 0 radical (unpaired) electrons. The van der Waals surface area contributed by atoms with Crippen LogP contribution in [0.3, 0.4) is 0 Å². The van der Waals surface area contributed by atoms with Gasteiger partial charge in [0.15, 0.2) is 28.2 Å². The van der Waals surface area contributed by atoms with E-state index in [2.05, 4.69) is 10.3 Å². The molecule has 0 aliphatic carbocycles. The number of halogens is 1. The molecule has 3 heterocycles. The number of aliphatic hydroxyl groups excluding tert-OH is 3. The van der Waals surface area contributed by atoms with E-state index in [-0.39, 0.29) is 66.7 Å². The summed E-state index contributed by atoms with van der Waals surface area (Å²) in [4.78, 5) is 46.9. The van der Waals surface area contributed by atoms with Crippen LogP contribution < -0.4 is 15.5 Å². The number of aromatic nitrogens is 1. The fraction of sp³-hybridized carbons (Fsp3) is 0.429. The molecular weight excluding hydrogens is 727 g/mol. The number of rotatable bonds is 1. The van der Waals surface area contributed by atoms with E-state index in [0.29, 0.717) is 0 Å². The number of aryl methyl sites for hydroxylation is 1. The Morgan fingerprint density at radius 3 is 2.25 bits per heavy atom. The Morgan fingerprint density at radius 2 is 1.57 bits per heavy atom. The second kappa shape index (κ2) is 15.1. The molecule has 4 aromatic rings. The molecule has 1 aromatic heterocycles. The first-order valence-electron chi connectivity index (χ1n) is 18.4. The number of ketones is 1. The van der Waals surface area contributed by atoms with Crippen molar-refractivity contribution in [2.45, 2.75) is 85.6 Å². The number of anilines is 1. The van der Waals surface area contributed by atoms with E-state index < -0.39 is 82.6 Å². The van der Waals surface area contributed by atoms with Gasteiger partial charge in [-0.3, -0.25) is 14.4 Å². The standard InChI is InChI=1S/C42H47FN2O11/c1-17-13-14-24-38(29(17)43)55-39-30(44-24)26-27-35(49)23(7)37-28(26)40(51)42(8,56-37)54-16-15-25(53-9)20(4)33(47)22(6)34(48)21(5)32(46)18(2)11-10-12-19(3)41(52)45-31(39)36(27)50/h10-16,18,20-22,25,32-34,46-48,50H,1-9H3,(H,45,52)/b11-10+,16-15+,19-12-/t18-,20+,21+,22-,25-,32-,33+,34+,42-/m0/s1. The second-order valence-electron chi connectivity index (χ2n) is 15.2. The van der Waals surface area contributed by atoms with E-state index in [9.17, 15) is 34.8 Å². The maximum atomic E-state index is 15.5. The number of amides is 1. The molecule has 2 aliphatic heterocycles. The van der Waals surface area contributed by atoms with Gasteiger partial charge in [0.05, 0.1) is 41.6 Å². The number of aliphatic hydroxyl groups is 3. The van der Waals surface area contributed by atoms with Crippen LogP contribution in [0.15, 0.2) is 57.5 Å². The molecule has 0 spiro atoms. The summed E-state index contributed by atoms with van der Waals surface area (Å²) in [6.45, 7) is 12.6. The molecule has 298 valence electrons. The molecule has 2 aliphatic rings. The highest BCUT2D eigenvalue weighted by Gasteiger charge is 2.49. The number of carbonyl (C=O) groups is 2. The van der Waals surface area contributed by atoms with Gasteiger partial charge in [-0.25, -0.2) is 9.37 Å². The molecule has 14 heteroatoms. The predicted molar refractivity (Wildman–Crippen MR) is 207 cm³/mol. The zero-order valence-electron chi connectivity index (χ0n) is 32.6. The summed E-state index contributed by atoms with van der Waals surface area (Å²) in [6.07, 6.45) is 3.27. The molecule has 0 saturated carbocycles. The number of aromatic hydroxyl groups is 1. The van der Waals surface area contributed by atoms with Crippen LogP contribution in [0, 0.1) is 43.3 Å². The third-order valence-corrected chi connectivity index (χ3v) is 11.4. The lowest BCUT2D eigenvalue weighted by Gasteiger charge is -2.36. The highest BCUT2D eigenvalue weighted by atomic mass is 19.1. The summed E-state index contributed by atoms with van der Waals surface area (Å²) in [5.74, 6) is -7.66. The first-order chi connectivity index (χ1) is 26.3. The van der Waals surface area contributed by atoms with Crippen LogP contribution in [0.2, 0.25) is 0 Å². The summed E-state index contributed by atoms with van der Waals surface area (Å²) >= 11 is 0. The van der Waals surface area contributed by atoms with Crippen molar-refractivity contribution in [2.75, 3.05) is 12.4 Å². The van der Waals surface area contributed by atoms with Gasteiger partial charge in [0.25, 0.3) is 11.7 Å². The number of methoxy groups -OCH3 is 1. The third kappa shape index (κ3) is 6.63. The molecule has 4 bridgehead atoms. The first kappa shape index (κ1) is 40.5. The Hall–Kier alpha value is -5.15. The molecule has 0 unspecified atom stereocenters. The maximum Gasteiger partial charge on any atom is 0.312 e. The number of carbonyl (C=O) groups excluding carboxylic acids is 2. The van der Waals surface area contributed by atoms with Crippen molar-refractivity contribution in [1.82, 2.24) is 4.98 Å². The van der Waals surface area contributed by atoms with Gasteiger partial charge < -0.3 is 44.4 Å². The van der Waals surface area contributed by atoms with Gasteiger partial charge in [-0.2, -0.15) is 0 Å². The summed E-state index contributed by atoms with van der Waals surface area (Å²) < 4.78 is 39.3. The van der Waals surface area contributed by atoms with E-state index >= 15 is 4.39 Å². The Bertz CT molecular complexity index is 2420. The van der Waals surface area contributed by atoms with Crippen molar-refractivity contribution in [3.8, 4) is 11.5 Å².